The molecule has 16 heteroatoms. The normalized spacial score (nSPS) is 13.1. The molecular weight excluding hydrogens is 731 g/mol. The van der Waals surface area contributed by atoms with E-state index < -0.39 is 37.4 Å². The number of rotatable bonds is 36. The molecule has 1 aromatic carbocycles. The van der Waals surface area contributed by atoms with Crippen molar-refractivity contribution in [2.45, 2.75) is 174 Å². The van der Waals surface area contributed by atoms with E-state index in [0.717, 1.165) is 38.5 Å². The second-order valence-electron chi connectivity index (χ2n) is 14.2. The molecule has 0 fully saturated rings. The Labute approximate surface area is 327 Å². The number of non-ortho nitro benzene ring substituents is 1. The Kier molecular flexibility index (Phi) is 26.2. The van der Waals surface area contributed by atoms with Crippen molar-refractivity contribution in [3.05, 3.63) is 22.2 Å². The third kappa shape index (κ3) is 22.9. The number of carbonyl (C=O) groups excluding carboxylic acids is 2. The zero-order valence-electron chi connectivity index (χ0n) is 33.3. The molecule has 0 aliphatic rings. The van der Waals surface area contributed by atoms with Gasteiger partial charge in [-0.05, 0) is 29.2 Å². The van der Waals surface area contributed by atoms with Crippen LogP contribution in [0.25, 0.3) is 11.0 Å². The van der Waals surface area contributed by atoms with Gasteiger partial charge in [0.15, 0.2) is 11.6 Å². The van der Waals surface area contributed by atoms with E-state index in [9.17, 15) is 29.2 Å². The lowest BCUT2D eigenvalue weighted by atomic mass is 10.1. The standard InChI is InChI=1S/C39H67N4O11P/c1-3-5-7-9-11-13-15-17-19-21-23-25-36(44)50-31-33(53-37(45)26-24-22-20-18-16-14-12-10-8-6-4-2)32-52-55(48,49)51-30-29-40-34-27-28-35(43(46)47)39-38(34)41-54-42-39/h27-28,33,40H,3-26,29-32H2,1-2H3,(H,48,49)/t33-/m1/s1. The van der Waals surface area contributed by atoms with Gasteiger partial charge in [0.2, 0.25) is 5.52 Å². The summed E-state index contributed by atoms with van der Waals surface area (Å²) in [6.45, 7) is 3.30. The van der Waals surface area contributed by atoms with Crippen LogP contribution < -0.4 is 5.32 Å². The fourth-order valence-corrected chi connectivity index (χ4v) is 6.94. The molecule has 15 nitrogen and oxygen atoms in total. The second-order valence-corrected chi connectivity index (χ2v) is 15.7. The van der Waals surface area contributed by atoms with Crippen LogP contribution in [0.1, 0.15) is 168 Å². The number of benzene rings is 1. The Bertz CT molecular complexity index is 1390. The van der Waals surface area contributed by atoms with Gasteiger partial charge in [-0.15, -0.1) is 0 Å². The lowest BCUT2D eigenvalue weighted by molar-refractivity contribution is -0.383. The molecule has 1 aromatic heterocycles. The van der Waals surface area contributed by atoms with Crippen molar-refractivity contribution < 1.29 is 47.1 Å². The molecule has 2 N–H and O–H groups in total. The SMILES string of the molecule is CCCCCCCCCCCCCC(=O)OC[C@H](COP(=O)(O)OCCNc1ccc([N+](=O)[O-])c2nonc12)OC(=O)CCCCCCCCCCCCC. The van der Waals surface area contributed by atoms with Crippen molar-refractivity contribution in [3.63, 3.8) is 0 Å². The largest absolute Gasteiger partial charge is 0.472 e. The fourth-order valence-electron chi connectivity index (χ4n) is 6.19. The van der Waals surface area contributed by atoms with E-state index in [1.54, 1.807) is 0 Å². The topological polar surface area (TPSA) is 202 Å². The molecule has 0 saturated heterocycles. The second kappa shape index (κ2) is 30.1. The predicted molar refractivity (Wildman–Crippen MR) is 212 cm³/mol. The van der Waals surface area contributed by atoms with E-state index in [2.05, 4.69) is 34.1 Å². The molecule has 0 aliphatic carbocycles. The van der Waals surface area contributed by atoms with Crippen LogP contribution in [-0.2, 0) is 32.7 Å². The van der Waals surface area contributed by atoms with Crippen LogP contribution in [-0.4, -0.2) is 64.5 Å². The first-order chi connectivity index (χ1) is 26.7. The summed E-state index contributed by atoms with van der Waals surface area (Å²) in [7, 11) is -4.61. The van der Waals surface area contributed by atoms with Crippen LogP contribution in [0.4, 0.5) is 11.4 Å². The molecule has 0 amide bonds. The number of phosphoric ester groups is 1. The first-order valence-electron chi connectivity index (χ1n) is 20.8. The quantitative estimate of drug-likeness (QED) is 0.0217. The minimum Gasteiger partial charge on any atom is -0.462 e. The number of nitrogens with one attached hydrogen (secondary N) is 1. The highest BCUT2D eigenvalue weighted by molar-refractivity contribution is 7.47. The Morgan fingerprint density at radius 3 is 1.76 bits per heavy atom. The van der Waals surface area contributed by atoms with Gasteiger partial charge in [-0.25, -0.2) is 9.19 Å². The molecule has 0 radical (unpaired) electrons. The van der Waals surface area contributed by atoms with Crippen LogP contribution in [0.5, 0.6) is 0 Å². The van der Waals surface area contributed by atoms with Crippen LogP contribution in [0, 0.1) is 10.1 Å². The van der Waals surface area contributed by atoms with Gasteiger partial charge in [-0.2, -0.15) is 0 Å². The van der Waals surface area contributed by atoms with E-state index in [4.69, 9.17) is 18.5 Å². The highest BCUT2D eigenvalue weighted by Crippen LogP contribution is 2.43. The third-order valence-electron chi connectivity index (χ3n) is 9.38. The average Bonchev–Trinajstić information content (AvgIpc) is 3.66. The number of nitrogens with zero attached hydrogens (tertiary/aromatic N) is 3. The summed E-state index contributed by atoms with van der Waals surface area (Å²) in [4.78, 5) is 46.1. The first-order valence-corrected chi connectivity index (χ1v) is 22.3. The molecule has 2 aromatic rings. The van der Waals surface area contributed by atoms with Gasteiger partial charge in [-0.3, -0.25) is 28.8 Å². The van der Waals surface area contributed by atoms with Crippen molar-refractivity contribution in [3.8, 4) is 0 Å². The highest BCUT2D eigenvalue weighted by Gasteiger charge is 2.26. The van der Waals surface area contributed by atoms with Crippen molar-refractivity contribution in [2.75, 3.05) is 31.7 Å². The smallest absolute Gasteiger partial charge is 0.462 e. The lowest BCUT2D eigenvalue weighted by Crippen LogP contribution is -2.29. The van der Waals surface area contributed by atoms with Gasteiger partial charge < -0.3 is 19.7 Å². The van der Waals surface area contributed by atoms with E-state index >= 15 is 0 Å². The van der Waals surface area contributed by atoms with Gasteiger partial charge in [0.05, 0.1) is 23.8 Å². The molecule has 2 rings (SSSR count). The molecule has 55 heavy (non-hydrogen) atoms. The number of nitro benzene ring substituents is 1. The minimum absolute atomic E-state index is 0.00170. The predicted octanol–water partition coefficient (Wildman–Crippen LogP) is 10.5. The zero-order chi connectivity index (χ0) is 40.0. The zero-order valence-corrected chi connectivity index (χ0v) is 34.2. The Balaban J connectivity index is 1.75. The number of esters is 2. The summed E-state index contributed by atoms with van der Waals surface area (Å²) in [5.41, 5.74) is 0.142. The average molecular weight is 799 g/mol. The summed E-state index contributed by atoms with van der Waals surface area (Å²) in [5.74, 6) is -0.930. The summed E-state index contributed by atoms with van der Waals surface area (Å²) in [5, 5.41) is 21.4. The van der Waals surface area contributed by atoms with Crippen LogP contribution in [0.2, 0.25) is 0 Å². The third-order valence-corrected chi connectivity index (χ3v) is 10.4. The fraction of sp³-hybridized carbons (Fsp3) is 0.795. The number of hydrogen-bond acceptors (Lipinski definition) is 13. The van der Waals surface area contributed by atoms with Gasteiger partial charge >= 0.3 is 25.4 Å². The summed E-state index contributed by atoms with van der Waals surface area (Å²) in [6.07, 6.45) is 24.7. The Morgan fingerprint density at radius 1 is 0.745 bits per heavy atom. The number of ether oxygens (including phenoxy) is 2. The maximum atomic E-state index is 12.7. The number of phosphoric acid groups is 1. The van der Waals surface area contributed by atoms with Crippen LogP contribution in [0.15, 0.2) is 16.8 Å². The lowest BCUT2D eigenvalue weighted by Gasteiger charge is -2.20. The molecule has 0 bridgehead atoms. The first kappa shape index (κ1) is 48.0. The van der Waals surface area contributed by atoms with E-state index in [-0.39, 0.29) is 49.3 Å². The monoisotopic (exact) mass is 798 g/mol. The van der Waals surface area contributed by atoms with Crippen molar-refractivity contribution in [1.29, 1.82) is 0 Å². The highest BCUT2D eigenvalue weighted by atomic mass is 31.2. The van der Waals surface area contributed by atoms with Crippen molar-refractivity contribution >= 4 is 42.2 Å². The van der Waals surface area contributed by atoms with Crippen molar-refractivity contribution in [1.82, 2.24) is 10.3 Å². The van der Waals surface area contributed by atoms with Gasteiger partial charge in [-0.1, -0.05) is 142 Å². The van der Waals surface area contributed by atoms with Crippen molar-refractivity contribution in [2.24, 2.45) is 0 Å². The molecule has 0 aliphatic heterocycles. The molecule has 0 spiro atoms. The van der Waals surface area contributed by atoms with Crippen LogP contribution >= 0.6 is 7.82 Å². The molecule has 314 valence electrons. The number of unbranched alkanes of at least 4 members (excludes halogenated alkanes) is 20. The van der Waals surface area contributed by atoms with Gasteiger partial charge in [0.25, 0.3) is 0 Å². The number of carbonyl (C=O) groups is 2. The van der Waals surface area contributed by atoms with Gasteiger partial charge in [0, 0.05) is 25.5 Å². The van der Waals surface area contributed by atoms with E-state index in [0.29, 0.717) is 18.5 Å². The number of nitro groups is 1. The number of fused-ring (bicyclic) bond motifs is 1. The maximum absolute atomic E-state index is 12.7. The maximum Gasteiger partial charge on any atom is 0.472 e. The van der Waals surface area contributed by atoms with Crippen LogP contribution in [0.3, 0.4) is 0 Å². The van der Waals surface area contributed by atoms with Gasteiger partial charge in [0.1, 0.15) is 6.61 Å². The Morgan fingerprint density at radius 2 is 1.24 bits per heavy atom. The summed E-state index contributed by atoms with van der Waals surface area (Å²) in [6, 6.07) is 2.65. The molecule has 2 atom stereocenters. The van der Waals surface area contributed by atoms with E-state index in [1.165, 1.54) is 102 Å². The summed E-state index contributed by atoms with van der Waals surface area (Å²) < 4.78 is 38.4. The molecule has 1 unspecified atom stereocenters. The molecule has 1 heterocycles. The molecular formula is C39H67N4O11P. The van der Waals surface area contributed by atoms with E-state index in [1.807, 2.05) is 0 Å². The number of hydrogen-bond donors (Lipinski definition) is 2. The summed E-state index contributed by atoms with van der Waals surface area (Å²) >= 11 is 0. The number of aromatic nitrogens is 2. The Hall–Kier alpha value is -3.13. The molecule has 0 saturated carbocycles. The number of anilines is 1. The minimum atomic E-state index is -4.61.